The third kappa shape index (κ3) is 4.47. The number of imidazole rings is 1. The van der Waals surface area contributed by atoms with Gasteiger partial charge in [0.05, 0.1) is 11.7 Å². The predicted molar refractivity (Wildman–Crippen MR) is 112 cm³/mol. The zero-order valence-corrected chi connectivity index (χ0v) is 18.3. The first kappa shape index (κ1) is 21.0. The molecule has 0 aliphatic carbocycles. The Bertz CT molecular complexity index is 1140. The summed E-state index contributed by atoms with van der Waals surface area (Å²) in [4.78, 5) is 17.3. The van der Waals surface area contributed by atoms with Crippen LogP contribution >= 0.6 is 0 Å². The number of aromatic nitrogens is 5. The van der Waals surface area contributed by atoms with Crippen molar-refractivity contribution in [1.82, 2.24) is 24.5 Å². The minimum Gasteiger partial charge on any atom is -0.462 e. The summed E-state index contributed by atoms with van der Waals surface area (Å²) >= 11 is 0. The quantitative estimate of drug-likeness (QED) is 0.623. The zero-order valence-electron chi connectivity index (χ0n) is 17.5. The van der Waals surface area contributed by atoms with Crippen LogP contribution in [-0.2, 0) is 9.84 Å². The maximum Gasteiger partial charge on any atom is 0.318 e. The van der Waals surface area contributed by atoms with E-state index in [1.165, 1.54) is 6.26 Å². The third-order valence-electron chi connectivity index (χ3n) is 4.71. The number of nitrogens with zero attached hydrogens (tertiary/aromatic N) is 5. The Morgan fingerprint density at radius 3 is 2.59 bits per heavy atom. The van der Waals surface area contributed by atoms with Crippen molar-refractivity contribution in [3.63, 3.8) is 0 Å². The molecular weight excluding hydrogens is 392 g/mol. The maximum absolute atomic E-state index is 11.8. The van der Waals surface area contributed by atoms with Crippen molar-refractivity contribution in [2.45, 2.75) is 45.4 Å². The van der Waals surface area contributed by atoms with Crippen LogP contribution in [0, 0.1) is 6.92 Å². The van der Waals surface area contributed by atoms with Crippen molar-refractivity contribution >= 4 is 32.5 Å². The fourth-order valence-electron chi connectivity index (χ4n) is 2.80. The molecular formula is C19H26N6O3S. The molecule has 3 rings (SSSR count). The molecule has 1 N–H and O–H groups in total. The van der Waals surface area contributed by atoms with Crippen molar-refractivity contribution in [2.24, 2.45) is 0 Å². The van der Waals surface area contributed by atoms with Gasteiger partial charge in [-0.3, -0.25) is 0 Å². The van der Waals surface area contributed by atoms with Crippen LogP contribution in [0.5, 0.6) is 6.01 Å². The van der Waals surface area contributed by atoms with E-state index in [0.717, 1.165) is 16.9 Å². The van der Waals surface area contributed by atoms with Crippen LogP contribution in [0.1, 0.15) is 39.6 Å². The van der Waals surface area contributed by atoms with Crippen LogP contribution in [0.25, 0.3) is 11.0 Å². The molecule has 3 aromatic heterocycles. The maximum atomic E-state index is 11.8. The van der Waals surface area contributed by atoms with Crippen molar-refractivity contribution in [3.8, 4) is 6.01 Å². The second-order valence-electron chi connectivity index (χ2n) is 7.85. The summed E-state index contributed by atoms with van der Waals surface area (Å²) in [6, 6.07) is 3.97. The standard InChI is InChI=1S/C19H26N6O3S/c1-12(2)25-13(3)22-14-10-21-17(9-15(14)25)23-16-7-8-20-18(24-16)28-11-19(4,5)29(6,26)27/h7-10,12H,11H2,1-6H3,(H,20,21,23,24). The number of hydrogen-bond donors (Lipinski definition) is 1. The Morgan fingerprint density at radius 2 is 1.93 bits per heavy atom. The van der Waals surface area contributed by atoms with E-state index in [-0.39, 0.29) is 18.7 Å². The van der Waals surface area contributed by atoms with Crippen LogP contribution in [0.2, 0.25) is 0 Å². The van der Waals surface area contributed by atoms with Gasteiger partial charge in [-0.05, 0) is 40.7 Å². The average molecular weight is 419 g/mol. The molecule has 0 fully saturated rings. The van der Waals surface area contributed by atoms with Gasteiger partial charge in [-0.25, -0.2) is 23.4 Å². The topological polar surface area (TPSA) is 112 Å². The van der Waals surface area contributed by atoms with Gasteiger partial charge in [0.2, 0.25) is 0 Å². The lowest BCUT2D eigenvalue weighted by Gasteiger charge is -2.21. The lowest BCUT2D eigenvalue weighted by molar-refractivity contribution is 0.260. The molecule has 10 heteroatoms. The molecule has 0 spiro atoms. The molecule has 0 radical (unpaired) electrons. The number of pyridine rings is 1. The molecule has 0 saturated heterocycles. The van der Waals surface area contributed by atoms with Crippen LogP contribution in [-0.4, -0.2) is 50.5 Å². The van der Waals surface area contributed by atoms with Gasteiger partial charge < -0.3 is 14.6 Å². The van der Waals surface area contributed by atoms with Crippen LogP contribution in [0.3, 0.4) is 0 Å². The van der Waals surface area contributed by atoms with E-state index in [2.05, 4.69) is 43.7 Å². The average Bonchev–Trinajstić information content (AvgIpc) is 2.94. The number of aryl methyl sites for hydroxylation is 1. The summed E-state index contributed by atoms with van der Waals surface area (Å²) in [5.41, 5.74) is 1.81. The highest BCUT2D eigenvalue weighted by molar-refractivity contribution is 7.92. The number of rotatable bonds is 7. The first-order chi connectivity index (χ1) is 13.5. The van der Waals surface area contributed by atoms with Crippen molar-refractivity contribution < 1.29 is 13.2 Å². The molecule has 0 aliphatic heterocycles. The Hall–Kier alpha value is -2.75. The number of ether oxygens (including phenoxy) is 1. The summed E-state index contributed by atoms with van der Waals surface area (Å²) < 4.78 is 30.3. The highest BCUT2D eigenvalue weighted by Crippen LogP contribution is 2.24. The van der Waals surface area contributed by atoms with Crippen molar-refractivity contribution in [2.75, 3.05) is 18.2 Å². The third-order valence-corrected chi connectivity index (χ3v) is 6.84. The number of anilines is 2. The molecule has 29 heavy (non-hydrogen) atoms. The summed E-state index contributed by atoms with van der Waals surface area (Å²) in [5.74, 6) is 2.03. The molecule has 156 valence electrons. The van der Waals surface area contributed by atoms with Crippen LogP contribution < -0.4 is 10.1 Å². The largest absolute Gasteiger partial charge is 0.462 e. The Kier molecular flexibility index (Phi) is 5.48. The van der Waals surface area contributed by atoms with Crippen molar-refractivity contribution in [1.29, 1.82) is 0 Å². The van der Waals surface area contributed by atoms with E-state index in [9.17, 15) is 8.42 Å². The van der Waals surface area contributed by atoms with E-state index in [0.29, 0.717) is 11.6 Å². The fraction of sp³-hybridized carbons (Fsp3) is 0.474. The van der Waals surface area contributed by atoms with Gasteiger partial charge in [-0.1, -0.05) is 0 Å². The minimum atomic E-state index is -3.28. The van der Waals surface area contributed by atoms with E-state index < -0.39 is 14.6 Å². The lowest BCUT2D eigenvalue weighted by Crippen LogP contribution is -2.37. The second kappa shape index (κ2) is 7.58. The molecule has 0 aliphatic rings. The molecule has 0 bridgehead atoms. The molecule has 0 amide bonds. The molecule has 9 nitrogen and oxygen atoms in total. The summed E-state index contributed by atoms with van der Waals surface area (Å²) in [6.45, 7) is 9.33. The highest BCUT2D eigenvalue weighted by Gasteiger charge is 2.31. The predicted octanol–water partition coefficient (Wildman–Crippen LogP) is 3.06. The smallest absolute Gasteiger partial charge is 0.318 e. The first-order valence-corrected chi connectivity index (χ1v) is 11.1. The number of nitrogens with one attached hydrogen (secondary N) is 1. The fourth-order valence-corrected chi connectivity index (χ4v) is 3.07. The minimum absolute atomic E-state index is 0.0493. The summed E-state index contributed by atoms with van der Waals surface area (Å²) in [7, 11) is -3.28. The van der Waals surface area contributed by atoms with E-state index in [1.54, 1.807) is 32.3 Å². The molecule has 0 aromatic carbocycles. The van der Waals surface area contributed by atoms with E-state index >= 15 is 0 Å². The number of sulfone groups is 1. The van der Waals surface area contributed by atoms with E-state index in [4.69, 9.17) is 4.74 Å². The molecule has 0 saturated carbocycles. The van der Waals surface area contributed by atoms with Gasteiger partial charge in [-0.2, -0.15) is 4.98 Å². The first-order valence-electron chi connectivity index (χ1n) is 9.25. The van der Waals surface area contributed by atoms with Gasteiger partial charge in [-0.15, -0.1) is 0 Å². The molecule has 0 atom stereocenters. The molecule has 0 unspecified atom stereocenters. The van der Waals surface area contributed by atoms with Crippen LogP contribution in [0.15, 0.2) is 24.5 Å². The second-order valence-corrected chi connectivity index (χ2v) is 10.5. The van der Waals surface area contributed by atoms with Gasteiger partial charge in [0, 0.05) is 24.6 Å². The van der Waals surface area contributed by atoms with Crippen LogP contribution in [0.4, 0.5) is 11.6 Å². The lowest BCUT2D eigenvalue weighted by atomic mass is 10.2. The molecule has 3 aromatic rings. The zero-order chi connectivity index (χ0) is 21.4. The highest BCUT2D eigenvalue weighted by atomic mass is 32.2. The SMILES string of the molecule is Cc1nc2cnc(Nc3ccnc(OCC(C)(C)S(C)(=O)=O)n3)cc2n1C(C)C. The van der Waals surface area contributed by atoms with E-state index in [1.807, 2.05) is 13.0 Å². The normalized spacial score (nSPS) is 12.5. The molecule has 3 heterocycles. The number of hydrogen-bond acceptors (Lipinski definition) is 8. The van der Waals surface area contributed by atoms with Gasteiger partial charge >= 0.3 is 6.01 Å². The van der Waals surface area contributed by atoms with Crippen molar-refractivity contribution in [3.05, 3.63) is 30.4 Å². The number of fused-ring (bicyclic) bond motifs is 1. The summed E-state index contributed by atoms with van der Waals surface area (Å²) in [6.07, 6.45) is 4.44. The van der Waals surface area contributed by atoms with Gasteiger partial charge in [0.1, 0.15) is 34.3 Å². The Balaban J connectivity index is 1.81. The summed E-state index contributed by atoms with van der Waals surface area (Å²) in [5, 5.41) is 3.14. The van der Waals surface area contributed by atoms with Gasteiger partial charge in [0.25, 0.3) is 0 Å². The Labute approximate surface area is 170 Å². The van der Waals surface area contributed by atoms with Gasteiger partial charge in [0.15, 0.2) is 9.84 Å². The Morgan fingerprint density at radius 1 is 1.21 bits per heavy atom. The monoisotopic (exact) mass is 418 g/mol.